The van der Waals surface area contributed by atoms with Crippen LogP contribution >= 0.6 is 0 Å². The van der Waals surface area contributed by atoms with E-state index in [0.29, 0.717) is 29.6 Å². The molecule has 0 bridgehead atoms. The van der Waals surface area contributed by atoms with E-state index in [1.54, 1.807) is 43.3 Å². The number of ketones is 1. The van der Waals surface area contributed by atoms with Crippen LogP contribution in [0.25, 0.3) is 5.76 Å². The summed E-state index contributed by atoms with van der Waals surface area (Å²) in [6.45, 7) is 4.02. The van der Waals surface area contributed by atoms with Crippen molar-refractivity contribution >= 4 is 23.1 Å². The van der Waals surface area contributed by atoms with Crippen LogP contribution in [0.1, 0.15) is 30.0 Å². The summed E-state index contributed by atoms with van der Waals surface area (Å²) in [5, 5.41) is 10.9. The van der Waals surface area contributed by atoms with Gasteiger partial charge in [-0.05, 0) is 62.4 Å². The summed E-state index contributed by atoms with van der Waals surface area (Å²) in [5.74, 6) is -1.11. The van der Waals surface area contributed by atoms with Gasteiger partial charge < -0.3 is 14.3 Å². The molecule has 1 aliphatic heterocycles. The van der Waals surface area contributed by atoms with Gasteiger partial charge in [-0.1, -0.05) is 6.07 Å². The van der Waals surface area contributed by atoms with E-state index in [1.807, 2.05) is 6.92 Å². The van der Waals surface area contributed by atoms with Crippen LogP contribution in [0, 0.1) is 12.7 Å². The van der Waals surface area contributed by atoms with Crippen molar-refractivity contribution in [3.8, 4) is 5.75 Å². The van der Waals surface area contributed by atoms with Gasteiger partial charge in [-0.3, -0.25) is 14.5 Å². The molecule has 31 heavy (non-hydrogen) atoms. The van der Waals surface area contributed by atoms with Crippen LogP contribution in [0.3, 0.4) is 0 Å². The number of carbonyl (C=O) groups excluding carboxylic acids is 2. The first-order valence-corrected chi connectivity index (χ1v) is 9.77. The van der Waals surface area contributed by atoms with Gasteiger partial charge >= 0.3 is 0 Å². The number of halogens is 1. The van der Waals surface area contributed by atoms with Crippen molar-refractivity contribution in [1.82, 2.24) is 0 Å². The summed E-state index contributed by atoms with van der Waals surface area (Å²) in [5.41, 5.74) is 0.508. The molecule has 1 aromatic heterocycles. The van der Waals surface area contributed by atoms with Crippen LogP contribution in [0.4, 0.5) is 10.1 Å². The number of hydrogen-bond donors (Lipinski definition) is 1. The molecule has 1 atom stereocenters. The lowest BCUT2D eigenvalue weighted by atomic mass is 9.99. The minimum atomic E-state index is -0.990. The third-order valence-corrected chi connectivity index (χ3v) is 5.00. The number of aliphatic hydroxyl groups excluding tert-OH is 1. The topological polar surface area (TPSA) is 80.0 Å². The summed E-state index contributed by atoms with van der Waals surface area (Å²) >= 11 is 0. The fourth-order valence-corrected chi connectivity index (χ4v) is 3.62. The highest BCUT2D eigenvalue weighted by Crippen LogP contribution is 2.43. The average molecular weight is 421 g/mol. The minimum absolute atomic E-state index is 0.132. The van der Waals surface area contributed by atoms with Crippen molar-refractivity contribution in [2.75, 3.05) is 11.5 Å². The van der Waals surface area contributed by atoms with E-state index in [4.69, 9.17) is 9.15 Å². The Labute approximate surface area is 178 Å². The van der Waals surface area contributed by atoms with Crippen LogP contribution in [-0.2, 0) is 9.59 Å². The summed E-state index contributed by atoms with van der Waals surface area (Å²) in [6.07, 6.45) is 0. The van der Waals surface area contributed by atoms with E-state index < -0.39 is 29.3 Å². The number of rotatable bonds is 5. The van der Waals surface area contributed by atoms with Crippen molar-refractivity contribution in [1.29, 1.82) is 0 Å². The number of ether oxygens (including phenoxy) is 1. The molecule has 6 nitrogen and oxygen atoms in total. The molecule has 1 fully saturated rings. The minimum Gasteiger partial charge on any atom is -0.507 e. The SMILES string of the molecule is CCOc1cccc(N2C(=O)C(=O)/C(=C(\O)c3ccc(F)cc3)C2c2ccc(C)o2)c1. The Morgan fingerprint density at radius 3 is 2.52 bits per heavy atom. The molecule has 2 heterocycles. The molecular formula is C24H20FNO5. The maximum atomic E-state index is 13.3. The van der Waals surface area contributed by atoms with Gasteiger partial charge in [-0.25, -0.2) is 4.39 Å². The van der Waals surface area contributed by atoms with Crippen molar-refractivity contribution in [3.63, 3.8) is 0 Å². The van der Waals surface area contributed by atoms with E-state index in [2.05, 4.69) is 0 Å². The van der Waals surface area contributed by atoms with Crippen molar-refractivity contribution in [2.24, 2.45) is 0 Å². The predicted octanol–water partition coefficient (Wildman–Crippen LogP) is 4.75. The van der Waals surface area contributed by atoms with Gasteiger partial charge in [0.2, 0.25) is 0 Å². The maximum absolute atomic E-state index is 13.3. The second-order valence-electron chi connectivity index (χ2n) is 7.05. The first-order chi connectivity index (χ1) is 14.9. The zero-order chi connectivity index (χ0) is 22.1. The molecule has 1 N–H and O–H groups in total. The van der Waals surface area contributed by atoms with Crippen LogP contribution in [0.5, 0.6) is 5.75 Å². The van der Waals surface area contributed by atoms with E-state index in [9.17, 15) is 19.1 Å². The fraction of sp³-hybridized carbons (Fsp3) is 0.167. The van der Waals surface area contributed by atoms with Gasteiger partial charge in [0, 0.05) is 17.3 Å². The number of amides is 1. The standard InChI is InChI=1S/C24H20FNO5/c1-3-30-18-6-4-5-17(13-18)26-21(19-12-7-14(2)31-19)20(23(28)24(26)29)22(27)15-8-10-16(25)11-9-15/h4-13,21,27H,3H2,1-2H3/b22-20-. The Balaban J connectivity index is 1.90. The van der Waals surface area contributed by atoms with Gasteiger partial charge in [0.1, 0.15) is 34.9 Å². The molecule has 0 saturated carbocycles. The highest BCUT2D eigenvalue weighted by Gasteiger charge is 2.48. The zero-order valence-corrected chi connectivity index (χ0v) is 17.0. The molecule has 2 aromatic carbocycles. The molecule has 0 aliphatic carbocycles. The number of carbonyl (C=O) groups is 2. The Kier molecular flexibility index (Phi) is 5.33. The monoisotopic (exact) mass is 421 g/mol. The summed E-state index contributed by atoms with van der Waals surface area (Å²) in [6, 6.07) is 14.2. The molecule has 1 saturated heterocycles. The largest absolute Gasteiger partial charge is 0.507 e. The van der Waals surface area contributed by atoms with E-state index in [0.717, 1.165) is 0 Å². The highest BCUT2D eigenvalue weighted by molar-refractivity contribution is 6.51. The molecule has 0 spiro atoms. The lowest BCUT2D eigenvalue weighted by molar-refractivity contribution is -0.132. The Morgan fingerprint density at radius 2 is 1.87 bits per heavy atom. The fourth-order valence-electron chi connectivity index (χ4n) is 3.62. The van der Waals surface area contributed by atoms with Crippen molar-refractivity contribution in [2.45, 2.75) is 19.9 Å². The first kappa shape index (κ1) is 20.4. The number of Topliss-reactive ketones (excluding diaryl/α,β-unsaturated/α-hetero) is 1. The number of anilines is 1. The number of furan rings is 1. The van der Waals surface area contributed by atoms with E-state index >= 15 is 0 Å². The Morgan fingerprint density at radius 1 is 1.13 bits per heavy atom. The molecule has 0 radical (unpaired) electrons. The number of aliphatic hydroxyl groups is 1. The summed E-state index contributed by atoms with van der Waals surface area (Å²) in [4.78, 5) is 27.3. The van der Waals surface area contributed by atoms with E-state index in [1.165, 1.54) is 29.2 Å². The van der Waals surface area contributed by atoms with Crippen LogP contribution in [0.2, 0.25) is 0 Å². The third-order valence-electron chi connectivity index (χ3n) is 5.00. The molecule has 1 aliphatic rings. The van der Waals surface area contributed by atoms with Gasteiger partial charge in [0.25, 0.3) is 11.7 Å². The first-order valence-electron chi connectivity index (χ1n) is 9.77. The zero-order valence-electron chi connectivity index (χ0n) is 17.0. The second-order valence-corrected chi connectivity index (χ2v) is 7.05. The number of aryl methyl sites for hydroxylation is 1. The molecule has 4 rings (SSSR count). The molecule has 7 heteroatoms. The van der Waals surface area contributed by atoms with Gasteiger partial charge in [0.05, 0.1) is 12.2 Å². The van der Waals surface area contributed by atoms with Gasteiger partial charge in [0.15, 0.2) is 0 Å². The summed E-state index contributed by atoms with van der Waals surface area (Å²) in [7, 11) is 0. The molecule has 1 amide bonds. The Bertz CT molecular complexity index is 1180. The van der Waals surface area contributed by atoms with Crippen LogP contribution < -0.4 is 9.64 Å². The number of benzene rings is 2. The second kappa shape index (κ2) is 8.10. The maximum Gasteiger partial charge on any atom is 0.300 e. The highest BCUT2D eigenvalue weighted by atomic mass is 19.1. The number of hydrogen-bond acceptors (Lipinski definition) is 5. The van der Waals surface area contributed by atoms with Crippen LogP contribution in [-0.4, -0.2) is 23.4 Å². The predicted molar refractivity (Wildman–Crippen MR) is 112 cm³/mol. The normalized spacial score (nSPS) is 17.9. The van der Waals surface area contributed by atoms with Gasteiger partial charge in [-0.15, -0.1) is 0 Å². The van der Waals surface area contributed by atoms with Crippen molar-refractivity contribution in [3.05, 3.63) is 89.1 Å². The number of nitrogens with zero attached hydrogens (tertiary/aromatic N) is 1. The van der Waals surface area contributed by atoms with Crippen LogP contribution in [0.15, 0.2) is 70.7 Å². The molecule has 158 valence electrons. The molecule has 1 unspecified atom stereocenters. The molecular weight excluding hydrogens is 401 g/mol. The smallest absolute Gasteiger partial charge is 0.300 e. The van der Waals surface area contributed by atoms with E-state index in [-0.39, 0.29) is 11.1 Å². The lowest BCUT2D eigenvalue weighted by Gasteiger charge is -2.24. The van der Waals surface area contributed by atoms with Gasteiger partial charge in [-0.2, -0.15) is 0 Å². The van der Waals surface area contributed by atoms with Crippen molar-refractivity contribution < 1.29 is 28.2 Å². The Hall–Kier alpha value is -3.87. The molecule has 3 aromatic rings. The third kappa shape index (κ3) is 3.70. The summed E-state index contributed by atoms with van der Waals surface area (Å²) < 4.78 is 24.6. The quantitative estimate of drug-likeness (QED) is 0.365. The average Bonchev–Trinajstić information content (AvgIpc) is 3.29. The lowest BCUT2D eigenvalue weighted by Crippen LogP contribution is -2.29.